The molecule has 0 aliphatic carbocycles. The largest absolute Gasteiger partial charge is 0.467 e. The molecule has 1 aromatic heterocycles. The van der Waals surface area contributed by atoms with Crippen molar-refractivity contribution in [2.75, 3.05) is 26.7 Å². The molecule has 0 aromatic carbocycles. The minimum Gasteiger partial charge on any atom is -0.467 e. The summed E-state index contributed by atoms with van der Waals surface area (Å²) in [6.07, 6.45) is 4.04. The highest BCUT2D eigenvalue weighted by atomic mass is 16.3. The fourth-order valence-corrected chi connectivity index (χ4v) is 3.04. The van der Waals surface area contributed by atoms with E-state index in [4.69, 9.17) is 4.42 Å². The summed E-state index contributed by atoms with van der Waals surface area (Å²) in [5.41, 5.74) is 0. The van der Waals surface area contributed by atoms with Crippen LogP contribution in [0.15, 0.2) is 27.8 Å². The van der Waals surface area contributed by atoms with E-state index in [1.807, 2.05) is 12.1 Å². The summed E-state index contributed by atoms with van der Waals surface area (Å²) in [5, 5.41) is 5.97. The maximum absolute atomic E-state index is 11.9. The van der Waals surface area contributed by atoms with Crippen molar-refractivity contribution in [1.29, 1.82) is 0 Å². The van der Waals surface area contributed by atoms with Crippen LogP contribution >= 0.6 is 0 Å². The Morgan fingerprint density at radius 3 is 2.96 bits per heavy atom. The zero-order valence-electron chi connectivity index (χ0n) is 14.3. The Bertz CT molecular complexity index is 511. The zero-order chi connectivity index (χ0) is 16.7. The molecule has 1 atom stereocenters. The molecule has 0 spiro atoms. The molecular formula is C17H28N4O2. The summed E-state index contributed by atoms with van der Waals surface area (Å²) >= 11 is 0. The minimum atomic E-state index is -0.0690. The second kappa shape index (κ2) is 8.60. The maximum atomic E-state index is 11.9. The van der Waals surface area contributed by atoms with Gasteiger partial charge in [0.1, 0.15) is 5.76 Å². The molecule has 23 heavy (non-hydrogen) atoms. The third kappa shape index (κ3) is 5.62. The molecule has 1 saturated heterocycles. The quantitative estimate of drug-likeness (QED) is 0.620. The zero-order valence-corrected chi connectivity index (χ0v) is 14.3. The minimum absolute atomic E-state index is 0.0690. The standard InChI is InChI=1S/C17H28N4O2/c1-13(2)9-14-6-7-21(12-14)17(18-3)20-11-16(22)19-10-15-5-4-8-23-15/h4-5,8,13-14H,6-7,9-12H2,1-3H3,(H,18,20)(H,19,22). The predicted molar refractivity (Wildman–Crippen MR) is 91.1 cm³/mol. The predicted octanol–water partition coefficient (Wildman–Crippen LogP) is 1.84. The summed E-state index contributed by atoms with van der Waals surface area (Å²) in [6, 6.07) is 3.65. The SMILES string of the molecule is CN=C(NCC(=O)NCc1ccco1)N1CCC(CC(C)C)C1. The second-order valence-corrected chi connectivity index (χ2v) is 6.49. The third-order valence-corrected chi connectivity index (χ3v) is 4.05. The fraction of sp³-hybridized carbons (Fsp3) is 0.647. The molecule has 1 fully saturated rings. The number of hydrogen-bond acceptors (Lipinski definition) is 3. The molecule has 0 saturated carbocycles. The fourth-order valence-electron chi connectivity index (χ4n) is 3.04. The van der Waals surface area contributed by atoms with Gasteiger partial charge < -0.3 is 20.0 Å². The van der Waals surface area contributed by atoms with Crippen molar-refractivity contribution in [3.8, 4) is 0 Å². The Hall–Kier alpha value is -1.98. The van der Waals surface area contributed by atoms with Gasteiger partial charge in [0, 0.05) is 20.1 Å². The molecule has 6 heteroatoms. The highest BCUT2D eigenvalue weighted by Gasteiger charge is 2.25. The van der Waals surface area contributed by atoms with Crippen molar-refractivity contribution < 1.29 is 9.21 Å². The number of nitrogens with one attached hydrogen (secondary N) is 2. The van der Waals surface area contributed by atoms with Crippen LogP contribution < -0.4 is 10.6 Å². The van der Waals surface area contributed by atoms with Crippen LogP contribution in [0.3, 0.4) is 0 Å². The topological polar surface area (TPSA) is 69.9 Å². The lowest BCUT2D eigenvalue weighted by Gasteiger charge is -2.22. The Balaban J connectivity index is 1.71. The first kappa shape index (κ1) is 17.4. The number of rotatable bonds is 6. The lowest BCUT2D eigenvalue weighted by atomic mass is 9.97. The van der Waals surface area contributed by atoms with Gasteiger partial charge in [-0.3, -0.25) is 9.79 Å². The van der Waals surface area contributed by atoms with Crippen LogP contribution in [0, 0.1) is 11.8 Å². The third-order valence-electron chi connectivity index (χ3n) is 4.05. The van der Waals surface area contributed by atoms with Crippen LogP contribution in [-0.2, 0) is 11.3 Å². The molecule has 2 rings (SSSR count). The van der Waals surface area contributed by atoms with E-state index in [0.717, 1.165) is 36.6 Å². The Morgan fingerprint density at radius 2 is 2.30 bits per heavy atom. The summed E-state index contributed by atoms with van der Waals surface area (Å²) in [5.74, 6) is 2.94. The molecule has 1 amide bonds. The van der Waals surface area contributed by atoms with Crippen molar-refractivity contribution in [2.45, 2.75) is 33.2 Å². The van der Waals surface area contributed by atoms with Gasteiger partial charge in [-0.15, -0.1) is 0 Å². The first-order chi connectivity index (χ1) is 11.1. The number of amides is 1. The van der Waals surface area contributed by atoms with Crippen molar-refractivity contribution in [2.24, 2.45) is 16.8 Å². The van der Waals surface area contributed by atoms with Gasteiger partial charge in [0.05, 0.1) is 19.4 Å². The van der Waals surface area contributed by atoms with Gasteiger partial charge in [-0.25, -0.2) is 0 Å². The van der Waals surface area contributed by atoms with E-state index in [1.54, 1.807) is 13.3 Å². The molecule has 2 N–H and O–H groups in total. The monoisotopic (exact) mass is 320 g/mol. The number of hydrogen-bond donors (Lipinski definition) is 2. The molecule has 2 heterocycles. The van der Waals surface area contributed by atoms with E-state index < -0.39 is 0 Å². The Morgan fingerprint density at radius 1 is 1.48 bits per heavy atom. The lowest BCUT2D eigenvalue weighted by molar-refractivity contribution is -0.120. The number of guanidine groups is 1. The number of nitrogens with zero attached hydrogens (tertiary/aromatic N) is 2. The van der Waals surface area contributed by atoms with E-state index in [2.05, 4.69) is 34.4 Å². The van der Waals surface area contributed by atoms with Gasteiger partial charge in [0.25, 0.3) is 0 Å². The smallest absolute Gasteiger partial charge is 0.239 e. The first-order valence-electron chi connectivity index (χ1n) is 8.33. The Labute approximate surface area is 138 Å². The van der Waals surface area contributed by atoms with E-state index in [0.29, 0.717) is 6.54 Å². The van der Waals surface area contributed by atoms with Gasteiger partial charge in [0.2, 0.25) is 5.91 Å². The summed E-state index contributed by atoms with van der Waals surface area (Å²) in [7, 11) is 1.76. The molecule has 6 nitrogen and oxygen atoms in total. The molecule has 0 bridgehead atoms. The summed E-state index contributed by atoms with van der Waals surface area (Å²) in [4.78, 5) is 18.4. The molecule has 0 radical (unpaired) electrons. The summed E-state index contributed by atoms with van der Waals surface area (Å²) in [6.45, 7) is 7.18. The maximum Gasteiger partial charge on any atom is 0.239 e. The van der Waals surface area contributed by atoms with Crippen molar-refractivity contribution >= 4 is 11.9 Å². The number of carbonyl (C=O) groups is 1. The van der Waals surface area contributed by atoms with Gasteiger partial charge in [0.15, 0.2) is 5.96 Å². The summed E-state index contributed by atoms with van der Waals surface area (Å²) < 4.78 is 5.19. The van der Waals surface area contributed by atoms with E-state index in [1.165, 1.54) is 12.8 Å². The van der Waals surface area contributed by atoms with Crippen LogP contribution in [0.1, 0.15) is 32.4 Å². The van der Waals surface area contributed by atoms with Gasteiger partial charge in [-0.2, -0.15) is 0 Å². The number of carbonyl (C=O) groups excluding carboxylic acids is 1. The highest BCUT2D eigenvalue weighted by Crippen LogP contribution is 2.23. The number of furan rings is 1. The van der Waals surface area contributed by atoms with Crippen LogP contribution in [0.2, 0.25) is 0 Å². The van der Waals surface area contributed by atoms with Crippen molar-refractivity contribution in [3.63, 3.8) is 0 Å². The van der Waals surface area contributed by atoms with Gasteiger partial charge in [-0.05, 0) is 36.8 Å². The number of likely N-dealkylation sites (tertiary alicyclic amines) is 1. The molecular weight excluding hydrogens is 292 g/mol. The van der Waals surface area contributed by atoms with E-state index in [9.17, 15) is 4.79 Å². The van der Waals surface area contributed by atoms with E-state index >= 15 is 0 Å². The van der Waals surface area contributed by atoms with E-state index in [-0.39, 0.29) is 12.5 Å². The van der Waals surface area contributed by atoms with Crippen LogP contribution in [0.5, 0.6) is 0 Å². The lowest BCUT2D eigenvalue weighted by Crippen LogP contribution is -2.44. The van der Waals surface area contributed by atoms with Gasteiger partial charge >= 0.3 is 0 Å². The number of aliphatic imine (C=N–C) groups is 1. The second-order valence-electron chi connectivity index (χ2n) is 6.49. The molecule has 128 valence electrons. The van der Waals surface area contributed by atoms with Gasteiger partial charge in [-0.1, -0.05) is 13.8 Å². The first-order valence-corrected chi connectivity index (χ1v) is 8.33. The highest BCUT2D eigenvalue weighted by molar-refractivity contribution is 5.86. The molecule has 1 unspecified atom stereocenters. The Kier molecular flexibility index (Phi) is 6.50. The average Bonchev–Trinajstić information content (AvgIpc) is 3.17. The molecule has 1 aromatic rings. The van der Waals surface area contributed by atoms with Crippen molar-refractivity contribution in [1.82, 2.24) is 15.5 Å². The van der Waals surface area contributed by atoms with Crippen LogP contribution in [-0.4, -0.2) is 43.4 Å². The normalized spacial score (nSPS) is 18.5. The molecule has 1 aliphatic rings. The van der Waals surface area contributed by atoms with Crippen molar-refractivity contribution in [3.05, 3.63) is 24.2 Å². The molecule has 1 aliphatic heterocycles. The average molecular weight is 320 g/mol. The van der Waals surface area contributed by atoms with Crippen LogP contribution in [0.25, 0.3) is 0 Å². The van der Waals surface area contributed by atoms with Crippen LogP contribution in [0.4, 0.5) is 0 Å².